The third-order valence-corrected chi connectivity index (χ3v) is 4.92. The summed E-state index contributed by atoms with van der Waals surface area (Å²) in [6.45, 7) is 0. The molecule has 3 rings (SSSR count). The molecule has 0 atom stereocenters. The highest BCUT2D eigenvalue weighted by molar-refractivity contribution is 7.89. The van der Waals surface area contributed by atoms with Crippen LogP contribution in [0, 0.1) is 0 Å². The van der Waals surface area contributed by atoms with Crippen LogP contribution in [0.2, 0.25) is 0 Å². The number of primary sulfonamides is 1. The lowest BCUT2D eigenvalue weighted by Gasteiger charge is -2.07. The normalized spacial score (nSPS) is 11.7. The molecule has 0 radical (unpaired) electrons. The Bertz CT molecular complexity index is 993. The van der Waals surface area contributed by atoms with Gasteiger partial charge in [0.25, 0.3) is 0 Å². The summed E-state index contributed by atoms with van der Waals surface area (Å²) in [6.07, 6.45) is 0. The first-order chi connectivity index (χ1) is 10.4. The van der Waals surface area contributed by atoms with E-state index in [1.165, 1.54) is 23.5 Å². The van der Waals surface area contributed by atoms with Crippen LogP contribution in [0.25, 0.3) is 21.3 Å². The standard InChI is InChI=1S/C14H10N2O4S2/c15-22(19,20)10-5-8(4-9(6-10)14(17)18)11-2-1-3-12-13(11)21-7-16-12/h1-7H,(H,17,18)(H2,15,19,20). The summed E-state index contributed by atoms with van der Waals surface area (Å²) in [6, 6.07) is 9.24. The topological polar surface area (TPSA) is 110 Å². The second kappa shape index (κ2) is 5.16. The fourth-order valence-corrected chi connectivity index (χ4v) is 3.56. The average Bonchev–Trinajstić information content (AvgIpc) is 2.94. The van der Waals surface area contributed by atoms with Crippen molar-refractivity contribution in [2.45, 2.75) is 4.90 Å². The van der Waals surface area contributed by atoms with Gasteiger partial charge in [-0.05, 0) is 29.8 Å². The van der Waals surface area contributed by atoms with Crippen molar-refractivity contribution in [1.82, 2.24) is 4.98 Å². The van der Waals surface area contributed by atoms with E-state index in [1.54, 1.807) is 17.6 Å². The minimum atomic E-state index is -4.00. The lowest BCUT2D eigenvalue weighted by atomic mass is 10.0. The van der Waals surface area contributed by atoms with E-state index in [2.05, 4.69) is 4.98 Å². The third kappa shape index (κ3) is 2.59. The van der Waals surface area contributed by atoms with E-state index in [4.69, 9.17) is 5.14 Å². The van der Waals surface area contributed by atoms with Gasteiger partial charge in [-0.1, -0.05) is 12.1 Å². The van der Waals surface area contributed by atoms with Gasteiger partial charge in [0.05, 0.1) is 26.2 Å². The molecule has 1 aromatic heterocycles. The second-order valence-corrected chi connectivity index (χ2v) is 7.02. The highest BCUT2D eigenvalue weighted by Crippen LogP contribution is 2.32. The Morgan fingerprint density at radius 1 is 1.23 bits per heavy atom. The molecule has 0 unspecified atom stereocenters. The van der Waals surface area contributed by atoms with Gasteiger partial charge in [-0.25, -0.2) is 23.3 Å². The largest absolute Gasteiger partial charge is 0.478 e. The molecule has 0 bridgehead atoms. The predicted octanol–water partition coefficient (Wildman–Crippen LogP) is 2.31. The first kappa shape index (κ1) is 14.6. The molecule has 6 nitrogen and oxygen atoms in total. The fraction of sp³-hybridized carbons (Fsp3) is 0. The second-order valence-electron chi connectivity index (χ2n) is 4.60. The number of aromatic nitrogens is 1. The van der Waals surface area contributed by atoms with Gasteiger partial charge in [0, 0.05) is 5.56 Å². The van der Waals surface area contributed by atoms with Crippen LogP contribution in [0.5, 0.6) is 0 Å². The van der Waals surface area contributed by atoms with E-state index in [0.29, 0.717) is 11.1 Å². The summed E-state index contributed by atoms with van der Waals surface area (Å²) in [5, 5.41) is 14.3. The number of rotatable bonds is 3. The van der Waals surface area contributed by atoms with Crippen molar-refractivity contribution in [2.75, 3.05) is 0 Å². The summed E-state index contributed by atoms with van der Waals surface area (Å²) < 4.78 is 24.0. The van der Waals surface area contributed by atoms with Gasteiger partial charge in [-0.3, -0.25) is 0 Å². The van der Waals surface area contributed by atoms with Gasteiger partial charge < -0.3 is 5.11 Å². The number of nitrogens with two attached hydrogens (primary N) is 1. The van der Waals surface area contributed by atoms with Crippen LogP contribution >= 0.6 is 11.3 Å². The first-order valence-corrected chi connectivity index (χ1v) is 8.52. The van der Waals surface area contributed by atoms with E-state index in [9.17, 15) is 18.3 Å². The Balaban J connectivity index is 2.33. The summed E-state index contributed by atoms with van der Waals surface area (Å²) in [5.41, 5.74) is 3.49. The molecule has 112 valence electrons. The molecular weight excluding hydrogens is 324 g/mol. The number of aromatic carboxylic acids is 1. The summed E-state index contributed by atoms with van der Waals surface area (Å²) >= 11 is 1.40. The highest BCUT2D eigenvalue weighted by Gasteiger charge is 2.16. The maximum Gasteiger partial charge on any atom is 0.335 e. The number of carboxylic acid groups (broad SMARTS) is 1. The van der Waals surface area contributed by atoms with E-state index in [-0.39, 0.29) is 10.5 Å². The van der Waals surface area contributed by atoms with Crippen molar-refractivity contribution < 1.29 is 18.3 Å². The summed E-state index contributed by atoms with van der Waals surface area (Å²) in [7, 11) is -4.00. The molecule has 0 saturated heterocycles. The van der Waals surface area contributed by atoms with Crippen LogP contribution < -0.4 is 5.14 Å². The number of carboxylic acids is 1. The van der Waals surface area contributed by atoms with Crippen LogP contribution in [0.4, 0.5) is 0 Å². The molecule has 22 heavy (non-hydrogen) atoms. The molecule has 2 aromatic carbocycles. The Morgan fingerprint density at radius 2 is 2.00 bits per heavy atom. The molecule has 0 amide bonds. The number of nitrogens with zero attached hydrogens (tertiary/aromatic N) is 1. The van der Waals surface area contributed by atoms with Crippen molar-refractivity contribution in [1.29, 1.82) is 0 Å². The van der Waals surface area contributed by atoms with Crippen LogP contribution in [-0.2, 0) is 10.0 Å². The van der Waals surface area contributed by atoms with Crippen molar-refractivity contribution in [3.63, 3.8) is 0 Å². The number of sulfonamides is 1. The Kier molecular flexibility index (Phi) is 3.44. The van der Waals surface area contributed by atoms with Crippen LogP contribution in [0.15, 0.2) is 46.8 Å². The summed E-state index contributed by atoms with van der Waals surface area (Å²) in [4.78, 5) is 15.2. The van der Waals surface area contributed by atoms with Crippen LogP contribution in [-0.4, -0.2) is 24.5 Å². The quantitative estimate of drug-likeness (QED) is 0.763. The highest BCUT2D eigenvalue weighted by atomic mass is 32.2. The van der Waals surface area contributed by atoms with Crippen molar-refractivity contribution in [2.24, 2.45) is 5.14 Å². The zero-order valence-corrected chi connectivity index (χ0v) is 12.7. The maximum absolute atomic E-state index is 11.6. The van der Waals surface area contributed by atoms with Crippen molar-refractivity contribution in [3.05, 3.63) is 47.5 Å². The molecule has 0 aliphatic rings. The van der Waals surface area contributed by atoms with E-state index >= 15 is 0 Å². The SMILES string of the molecule is NS(=O)(=O)c1cc(C(=O)O)cc(-c2cccc3ncsc23)c1. The molecule has 0 aliphatic heterocycles. The van der Waals surface area contributed by atoms with Gasteiger partial charge >= 0.3 is 5.97 Å². The molecule has 0 saturated carbocycles. The molecule has 3 N–H and O–H groups in total. The smallest absolute Gasteiger partial charge is 0.335 e. The Labute approximate surface area is 129 Å². The van der Waals surface area contributed by atoms with Crippen molar-refractivity contribution >= 4 is 37.5 Å². The monoisotopic (exact) mass is 334 g/mol. The molecule has 3 aromatic rings. The van der Waals surface area contributed by atoms with Crippen LogP contribution in [0.3, 0.4) is 0 Å². The van der Waals surface area contributed by atoms with Gasteiger partial charge in [0.1, 0.15) is 0 Å². The fourth-order valence-electron chi connectivity index (χ4n) is 2.16. The van der Waals surface area contributed by atoms with Gasteiger partial charge in [0.2, 0.25) is 10.0 Å². The van der Waals surface area contributed by atoms with Crippen LogP contribution in [0.1, 0.15) is 10.4 Å². The van der Waals surface area contributed by atoms with Gasteiger partial charge in [0.15, 0.2) is 0 Å². The number of hydrogen-bond donors (Lipinski definition) is 2. The number of thiazole rings is 1. The third-order valence-electron chi connectivity index (χ3n) is 3.15. The molecule has 0 fully saturated rings. The zero-order valence-electron chi connectivity index (χ0n) is 11.1. The first-order valence-electron chi connectivity index (χ1n) is 6.10. The summed E-state index contributed by atoms with van der Waals surface area (Å²) in [5.74, 6) is -1.22. The minimum Gasteiger partial charge on any atom is -0.478 e. The lowest BCUT2D eigenvalue weighted by Crippen LogP contribution is -2.13. The van der Waals surface area contributed by atoms with Gasteiger partial charge in [-0.15, -0.1) is 11.3 Å². The molecule has 1 heterocycles. The maximum atomic E-state index is 11.6. The number of hydrogen-bond acceptors (Lipinski definition) is 5. The molecule has 0 spiro atoms. The number of benzene rings is 2. The molecule has 8 heteroatoms. The predicted molar refractivity (Wildman–Crippen MR) is 83.4 cm³/mol. The van der Waals surface area contributed by atoms with Gasteiger partial charge in [-0.2, -0.15) is 0 Å². The average molecular weight is 334 g/mol. The number of fused-ring (bicyclic) bond motifs is 1. The number of carbonyl (C=O) groups is 1. The zero-order chi connectivity index (χ0) is 15.9. The Hall–Kier alpha value is -2.29. The van der Waals surface area contributed by atoms with E-state index in [1.807, 2.05) is 6.07 Å². The van der Waals surface area contributed by atoms with Crippen molar-refractivity contribution in [3.8, 4) is 11.1 Å². The molecular formula is C14H10N2O4S2. The lowest BCUT2D eigenvalue weighted by molar-refractivity contribution is 0.0696. The van der Waals surface area contributed by atoms with E-state index in [0.717, 1.165) is 16.3 Å². The Morgan fingerprint density at radius 3 is 2.68 bits per heavy atom. The van der Waals surface area contributed by atoms with E-state index < -0.39 is 16.0 Å². The minimum absolute atomic E-state index is 0.136. The molecule has 0 aliphatic carbocycles.